The summed E-state index contributed by atoms with van der Waals surface area (Å²) in [5.41, 5.74) is 3.32. The third-order valence-corrected chi connectivity index (χ3v) is 5.33. The Bertz CT molecular complexity index is 1540. The van der Waals surface area contributed by atoms with E-state index in [4.69, 9.17) is 4.98 Å². The van der Waals surface area contributed by atoms with E-state index in [0.717, 1.165) is 23.7 Å². The van der Waals surface area contributed by atoms with Crippen LogP contribution in [0, 0.1) is 20.2 Å². The molecule has 0 aliphatic rings. The first-order chi connectivity index (χ1) is 15.9. The fourth-order valence-electron chi connectivity index (χ4n) is 3.75. The van der Waals surface area contributed by atoms with E-state index in [1.54, 1.807) is 4.57 Å². The molecule has 0 fully saturated rings. The summed E-state index contributed by atoms with van der Waals surface area (Å²) in [6.45, 7) is 2.03. The molecule has 0 aliphatic heterocycles. The van der Waals surface area contributed by atoms with Gasteiger partial charge in [-0.25, -0.2) is 15.0 Å². The van der Waals surface area contributed by atoms with Gasteiger partial charge in [-0.15, -0.1) is 0 Å². The molecule has 10 nitrogen and oxygen atoms in total. The van der Waals surface area contributed by atoms with E-state index < -0.39 is 21.2 Å². The molecule has 0 bridgehead atoms. The van der Waals surface area contributed by atoms with Crippen molar-refractivity contribution in [3.8, 4) is 17.1 Å². The minimum atomic E-state index is -0.661. The summed E-state index contributed by atoms with van der Waals surface area (Å²) in [6.07, 6.45) is 0.798. The van der Waals surface area contributed by atoms with Crippen LogP contribution >= 0.6 is 0 Å². The van der Waals surface area contributed by atoms with Crippen molar-refractivity contribution >= 4 is 33.7 Å². The summed E-state index contributed by atoms with van der Waals surface area (Å²) >= 11 is 0. The molecule has 0 N–H and O–H groups in total. The normalized spacial score (nSPS) is 11.2. The van der Waals surface area contributed by atoms with Gasteiger partial charge in [0, 0.05) is 23.4 Å². The fraction of sp³-hybridized carbons (Fsp3) is 0.0870. The number of hydrogen-bond donors (Lipinski definition) is 0. The Labute approximate surface area is 186 Å². The van der Waals surface area contributed by atoms with E-state index in [-0.39, 0.29) is 11.4 Å². The van der Waals surface area contributed by atoms with E-state index in [9.17, 15) is 20.2 Å². The number of nitro groups is 2. The van der Waals surface area contributed by atoms with Crippen LogP contribution in [0.15, 0.2) is 66.7 Å². The third-order valence-electron chi connectivity index (χ3n) is 5.33. The lowest BCUT2D eigenvalue weighted by molar-refractivity contribution is -0.394. The molecule has 33 heavy (non-hydrogen) atoms. The Hall–Kier alpha value is -4.73. The van der Waals surface area contributed by atoms with Crippen molar-refractivity contribution in [2.75, 3.05) is 0 Å². The number of nitrogens with zero attached hydrogens (tertiary/aromatic N) is 6. The molecule has 0 atom stereocenters. The number of para-hydroxylation sites is 2. The maximum Gasteiger partial charge on any atom is 0.277 e. The zero-order chi connectivity index (χ0) is 23.1. The maximum atomic E-state index is 11.5. The lowest BCUT2D eigenvalue weighted by Gasteiger charge is -2.10. The number of rotatable bonds is 5. The predicted octanol–water partition coefficient (Wildman–Crippen LogP) is 5.01. The summed E-state index contributed by atoms with van der Waals surface area (Å²) in [5, 5.41) is 22.9. The van der Waals surface area contributed by atoms with E-state index in [2.05, 4.69) is 9.97 Å². The van der Waals surface area contributed by atoms with E-state index >= 15 is 0 Å². The number of imidazole rings is 1. The van der Waals surface area contributed by atoms with Crippen molar-refractivity contribution in [3.63, 3.8) is 0 Å². The third kappa shape index (κ3) is 3.53. The van der Waals surface area contributed by atoms with Crippen LogP contribution in [0.3, 0.4) is 0 Å². The molecule has 162 valence electrons. The van der Waals surface area contributed by atoms with Gasteiger partial charge in [0.15, 0.2) is 11.3 Å². The molecule has 10 heteroatoms. The molecule has 3 aromatic carbocycles. The highest BCUT2D eigenvalue weighted by molar-refractivity contribution is 5.86. The number of hydrogen-bond acceptors (Lipinski definition) is 7. The number of nitro benzene ring substituents is 2. The Morgan fingerprint density at radius 2 is 1.48 bits per heavy atom. The Morgan fingerprint density at radius 3 is 2.12 bits per heavy atom. The van der Waals surface area contributed by atoms with Crippen LogP contribution in [0.4, 0.5) is 11.4 Å². The smallest absolute Gasteiger partial charge is 0.275 e. The van der Waals surface area contributed by atoms with E-state index in [0.29, 0.717) is 22.3 Å². The van der Waals surface area contributed by atoms with Crippen LogP contribution < -0.4 is 0 Å². The second-order valence-electron chi connectivity index (χ2n) is 7.41. The Kier molecular flexibility index (Phi) is 4.74. The zero-order valence-corrected chi connectivity index (χ0v) is 17.4. The van der Waals surface area contributed by atoms with Crippen molar-refractivity contribution in [3.05, 3.63) is 92.5 Å². The van der Waals surface area contributed by atoms with Gasteiger partial charge in [0.25, 0.3) is 11.4 Å². The van der Waals surface area contributed by atoms with Gasteiger partial charge in [-0.2, -0.15) is 0 Å². The fourth-order valence-corrected chi connectivity index (χ4v) is 3.75. The monoisotopic (exact) mass is 440 g/mol. The summed E-state index contributed by atoms with van der Waals surface area (Å²) in [7, 11) is 0. The molecule has 2 heterocycles. The highest BCUT2D eigenvalue weighted by atomic mass is 16.6. The number of benzene rings is 3. The molecule has 0 spiro atoms. The number of fused-ring (bicyclic) bond motifs is 2. The highest BCUT2D eigenvalue weighted by Crippen LogP contribution is 2.33. The van der Waals surface area contributed by atoms with Crippen LogP contribution in [0.2, 0.25) is 0 Å². The Balaban J connectivity index is 1.88. The van der Waals surface area contributed by atoms with Gasteiger partial charge >= 0.3 is 0 Å². The predicted molar refractivity (Wildman–Crippen MR) is 122 cm³/mol. The first kappa shape index (κ1) is 20.2. The first-order valence-electron chi connectivity index (χ1n) is 10.1. The second kappa shape index (κ2) is 7.75. The van der Waals surface area contributed by atoms with Gasteiger partial charge in [-0.1, -0.05) is 31.2 Å². The minimum Gasteiger partial charge on any atom is -0.275 e. The maximum absolute atomic E-state index is 11.5. The lowest BCUT2D eigenvalue weighted by atomic mass is 10.1. The largest absolute Gasteiger partial charge is 0.277 e. The molecular formula is C23H16N6O4. The lowest BCUT2D eigenvalue weighted by Crippen LogP contribution is -2.01. The van der Waals surface area contributed by atoms with Crippen molar-refractivity contribution in [2.45, 2.75) is 13.3 Å². The summed E-state index contributed by atoms with van der Waals surface area (Å²) in [5.74, 6) is 0.278. The van der Waals surface area contributed by atoms with E-state index in [1.807, 2.05) is 55.5 Å². The van der Waals surface area contributed by atoms with Crippen LogP contribution in [0.1, 0.15) is 12.5 Å². The van der Waals surface area contributed by atoms with Crippen molar-refractivity contribution in [1.29, 1.82) is 0 Å². The molecule has 5 aromatic rings. The molecule has 0 amide bonds. The van der Waals surface area contributed by atoms with Crippen LogP contribution in [-0.4, -0.2) is 29.4 Å². The minimum absolute atomic E-state index is 0.224. The number of aryl methyl sites for hydroxylation is 1. The average molecular weight is 440 g/mol. The van der Waals surface area contributed by atoms with Gasteiger partial charge in [-0.3, -0.25) is 24.8 Å². The summed E-state index contributed by atoms with van der Waals surface area (Å²) < 4.78 is 1.73. The summed E-state index contributed by atoms with van der Waals surface area (Å²) in [6, 6.07) is 18.5. The topological polar surface area (TPSA) is 130 Å². The molecule has 0 saturated carbocycles. The van der Waals surface area contributed by atoms with Crippen LogP contribution in [0.5, 0.6) is 0 Å². The Morgan fingerprint density at radius 1 is 0.818 bits per heavy atom. The van der Waals surface area contributed by atoms with Crippen molar-refractivity contribution in [2.24, 2.45) is 0 Å². The molecule has 0 saturated heterocycles. The molecule has 0 radical (unpaired) electrons. The van der Waals surface area contributed by atoms with Crippen molar-refractivity contribution in [1.82, 2.24) is 19.5 Å². The van der Waals surface area contributed by atoms with Crippen LogP contribution in [-0.2, 0) is 6.42 Å². The SMILES string of the molecule is CCc1cccc(-n2c(-c3cc([N+](=O)[O-])cc([N+](=O)[O-])c3)nc3nc4ccccc4nc32)c1. The summed E-state index contributed by atoms with van der Waals surface area (Å²) in [4.78, 5) is 35.6. The van der Waals surface area contributed by atoms with Gasteiger partial charge < -0.3 is 0 Å². The standard InChI is InChI=1S/C23H16N6O4/c1-2-14-6-5-7-16(10-14)27-22(15-11-17(28(30)31)13-18(12-15)29(32)33)26-21-23(27)25-20-9-4-3-8-19(20)24-21/h3-13H,2H2,1H3. The molecular weight excluding hydrogens is 424 g/mol. The molecule has 5 rings (SSSR count). The van der Waals surface area contributed by atoms with Gasteiger partial charge in [0.05, 0.1) is 26.9 Å². The number of non-ortho nitro benzene ring substituents is 2. The quantitative estimate of drug-likeness (QED) is 0.277. The second-order valence-corrected chi connectivity index (χ2v) is 7.41. The molecule has 2 aromatic heterocycles. The van der Waals surface area contributed by atoms with Gasteiger partial charge in [-0.05, 0) is 36.2 Å². The first-order valence-corrected chi connectivity index (χ1v) is 10.1. The highest BCUT2D eigenvalue weighted by Gasteiger charge is 2.23. The van der Waals surface area contributed by atoms with Crippen LogP contribution in [0.25, 0.3) is 39.4 Å². The molecule has 0 unspecified atom stereocenters. The average Bonchev–Trinajstić information content (AvgIpc) is 3.20. The van der Waals surface area contributed by atoms with Gasteiger partial charge in [0.2, 0.25) is 0 Å². The van der Waals surface area contributed by atoms with E-state index in [1.165, 1.54) is 12.1 Å². The van der Waals surface area contributed by atoms with Gasteiger partial charge in [0.1, 0.15) is 5.82 Å². The molecule has 0 aliphatic carbocycles. The number of aromatic nitrogens is 4. The zero-order valence-electron chi connectivity index (χ0n) is 17.4. The van der Waals surface area contributed by atoms with Crippen molar-refractivity contribution < 1.29 is 9.85 Å².